The molecule has 2 heteroatoms. The molecule has 1 aromatic rings. The highest BCUT2D eigenvalue weighted by molar-refractivity contribution is 5.47. The van der Waals surface area contributed by atoms with Crippen LogP contribution in [0.2, 0.25) is 0 Å². The SMILES string of the molecule is Cc1cc(CNCC2(C)CC2)ccc1N. The molecule has 0 unspecified atom stereocenters. The average Bonchev–Trinajstić information content (AvgIpc) is 2.90. The maximum absolute atomic E-state index is 5.78. The van der Waals surface area contributed by atoms with E-state index in [1.807, 2.05) is 6.07 Å². The molecule has 1 aliphatic rings. The zero-order chi connectivity index (χ0) is 10.9. The van der Waals surface area contributed by atoms with Crippen molar-refractivity contribution in [3.63, 3.8) is 0 Å². The second kappa shape index (κ2) is 3.86. The van der Waals surface area contributed by atoms with Gasteiger partial charge in [0.2, 0.25) is 0 Å². The quantitative estimate of drug-likeness (QED) is 0.739. The number of anilines is 1. The van der Waals surface area contributed by atoms with Crippen LogP contribution < -0.4 is 11.1 Å². The summed E-state index contributed by atoms with van der Waals surface area (Å²) in [5.74, 6) is 0. The largest absolute Gasteiger partial charge is 0.399 e. The summed E-state index contributed by atoms with van der Waals surface area (Å²) in [6.07, 6.45) is 2.75. The highest BCUT2D eigenvalue weighted by Crippen LogP contribution is 2.44. The van der Waals surface area contributed by atoms with E-state index < -0.39 is 0 Å². The van der Waals surface area contributed by atoms with Crippen LogP contribution in [0.4, 0.5) is 5.69 Å². The van der Waals surface area contributed by atoms with Gasteiger partial charge in [0.15, 0.2) is 0 Å². The van der Waals surface area contributed by atoms with Crippen LogP contribution in [0, 0.1) is 12.3 Å². The normalized spacial score (nSPS) is 17.7. The van der Waals surface area contributed by atoms with E-state index in [-0.39, 0.29) is 0 Å². The lowest BCUT2D eigenvalue weighted by molar-refractivity contribution is 0.499. The van der Waals surface area contributed by atoms with Crippen LogP contribution in [0.3, 0.4) is 0 Å². The zero-order valence-electron chi connectivity index (χ0n) is 9.64. The summed E-state index contributed by atoms with van der Waals surface area (Å²) in [4.78, 5) is 0. The van der Waals surface area contributed by atoms with E-state index in [0.29, 0.717) is 5.41 Å². The molecule has 1 fully saturated rings. The topological polar surface area (TPSA) is 38.0 Å². The smallest absolute Gasteiger partial charge is 0.0343 e. The molecule has 0 radical (unpaired) electrons. The molecule has 0 amide bonds. The summed E-state index contributed by atoms with van der Waals surface area (Å²) >= 11 is 0. The first-order valence-corrected chi connectivity index (χ1v) is 5.65. The lowest BCUT2D eigenvalue weighted by atomic mass is 10.1. The Morgan fingerprint density at radius 1 is 1.40 bits per heavy atom. The van der Waals surface area contributed by atoms with Crippen molar-refractivity contribution in [1.82, 2.24) is 5.32 Å². The first-order chi connectivity index (χ1) is 7.09. The molecule has 15 heavy (non-hydrogen) atoms. The predicted octanol–water partition coefficient (Wildman–Crippen LogP) is 2.47. The first kappa shape index (κ1) is 10.5. The Balaban J connectivity index is 1.85. The van der Waals surface area contributed by atoms with E-state index in [9.17, 15) is 0 Å². The van der Waals surface area contributed by atoms with Crippen LogP contribution in [0.1, 0.15) is 30.9 Å². The average molecular weight is 204 g/mol. The summed E-state index contributed by atoms with van der Waals surface area (Å²) in [5, 5.41) is 3.51. The minimum atomic E-state index is 0.586. The second-order valence-corrected chi connectivity index (χ2v) is 5.11. The molecule has 0 saturated heterocycles. The molecule has 1 saturated carbocycles. The van der Waals surface area contributed by atoms with Crippen molar-refractivity contribution < 1.29 is 0 Å². The molecule has 0 bridgehead atoms. The standard InChI is InChI=1S/C13H20N2/c1-10-7-11(3-4-12(10)14)8-15-9-13(2)5-6-13/h3-4,7,15H,5-6,8-9,14H2,1-2H3. The number of nitrogens with two attached hydrogens (primary N) is 1. The molecule has 0 heterocycles. The van der Waals surface area contributed by atoms with E-state index in [0.717, 1.165) is 18.8 Å². The van der Waals surface area contributed by atoms with Gasteiger partial charge in [0.25, 0.3) is 0 Å². The number of benzene rings is 1. The second-order valence-electron chi connectivity index (χ2n) is 5.11. The van der Waals surface area contributed by atoms with E-state index >= 15 is 0 Å². The number of aryl methyl sites for hydroxylation is 1. The van der Waals surface area contributed by atoms with Gasteiger partial charge in [-0.05, 0) is 42.4 Å². The van der Waals surface area contributed by atoms with Crippen LogP contribution >= 0.6 is 0 Å². The minimum absolute atomic E-state index is 0.586. The Kier molecular flexibility index (Phi) is 2.70. The maximum atomic E-state index is 5.78. The van der Waals surface area contributed by atoms with E-state index in [2.05, 4.69) is 31.3 Å². The number of hydrogen-bond donors (Lipinski definition) is 2. The maximum Gasteiger partial charge on any atom is 0.0343 e. The number of hydrogen-bond acceptors (Lipinski definition) is 2. The third kappa shape index (κ3) is 2.72. The van der Waals surface area contributed by atoms with Gasteiger partial charge in [-0.2, -0.15) is 0 Å². The molecule has 0 atom stereocenters. The Bertz CT molecular complexity index is 354. The van der Waals surface area contributed by atoms with Crippen molar-refractivity contribution in [3.8, 4) is 0 Å². The summed E-state index contributed by atoms with van der Waals surface area (Å²) in [6, 6.07) is 6.26. The molecule has 3 N–H and O–H groups in total. The molecule has 2 rings (SSSR count). The van der Waals surface area contributed by atoms with E-state index in [1.165, 1.54) is 24.0 Å². The molecule has 1 aromatic carbocycles. The summed E-state index contributed by atoms with van der Waals surface area (Å²) < 4.78 is 0. The van der Waals surface area contributed by atoms with Crippen molar-refractivity contribution in [2.24, 2.45) is 5.41 Å². The number of nitrogen functional groups attached to an aromatic ring is 1. The molecule has 0 spiro atoms. The Labute approximate surface area is 91.9 Å². The van der Waals surface area contributed by atoms with Crippen molar-refractivity contribution in [1.29, 1.82) is 0 Å². The predicted molar refractivity (Wildman–Crippen MR) is 64.6 cm³/mol. The fourth-order valence-corrected chi connectivity index (χ4v) is 1.75. The van der Waals surface area contributed by atoms with Gasteiger partial charge >= 0.3 is 0 Å². The molecule has 82 valence electrons. The fraction of sp³-hybridized carbons (Fsp3) is 0.538. The number of nitrogens with one attached hydrogen (secondary N) is 1. The van der Waals surface area contributed by atoms with E-state index in [1.54, 1.807) is 0 Å². The van der Waals surface area contributed by atoms with Crippen LogP contribution in [-0.2, 0) is 6.54 Å². The fourth-order valence-electron chi connectivity index (χ4n) is 1.75. The highest BCUT2D eigenvalue weighted by Gasteiger charge is 2.36. The van der Waals surface area contributed by atoms with Gasteiger partial charge in [0.1, 0.15) is 0 Å². The third-order valence-electron chi connectivity index (χ3n) is 3.32. The summed E-state index contributed by atoms with van der Waals surface area (Å²) in [7, 11) is 0. The molecule has 0 aliphatic heterocycles. The van der Waals surface area contributed by atoms with Gasteiger partial charge in [-0.15, -0.1) is 0 Å². The molecular formula is C13H20N2. The van der Waals surface area contributed by atoms with Crippen LogP contribution in [0.5, 0.6) is 0 Å². The van der Waals surface area contributed by atoms with Gasteiger partial charge in [0.05, 0.1) is 0 Å². The van der Waals surface area contributed by atoms with Gasteiger partial charge in [-0.1, -0.05) is 19.1 Å². The molecule has 1 aliphatic carbocycles. The Hall–Kier alpha value is -1.02. The first-order valence-electron chi connectivity index (χ1n) is 5.65. The van der Waals surface area contributed by atoms with Gasteiger partial charge in [-0.25, -0.2) is 0 Å². The minimum Gasteiger partial charge on any atom is -0.399 e. The van der Waals surface area contributed by atoms with Gasteiger partial charge in [-0.3, -0.25) is 0 Å². The highest BCUT2D eigenvalue weighted by atomic mass is 14.9. The van der Waals surface area contributed by atoms with E-state index in [4.69, 9.17) is 5.73 Å². The summed E-state index contributed by atoms with van der Waals surface area (Å²) in [5.41, 5.74) is 9.74. The Morgan fingerprint density at radius 3 is 2.73 bits per heavy atom. The van der Waals surface area contributed by atoms with Crippen LogP contribution in [0.25, 0.3) is 0 Å². The Morgan fingerprint density at radius 2 is 2.13 bits per heavy atom. The molecule has 0 aromatic heterocycles. The van der Waals surface area contributed by atoms with Gasteiger partial charge in [0, 0.05) is 18.8 Å². The lowest BCUT2D eigenvalue weighted by Gasteiger charge is -2.10. The van der Waals surface area contributed by atoms with Crippen LogP contribution in [0.15, 0.2) is 18.2 Å². The zero-order valence-corrected chi connectivity index (χ0v) is 9.64. The van der Waals surface area contributed by atoms with Crippen molar-refractivity contribution in [2.75, 3.05) is 12.3 Å². The summed E-state index contributed by atoms with van der Waals surface area (Å²) in [6.45, 7) is 6.49. The lowest BCUT2D eigenvalue weighted by Crippen LogP contribution is -2.21. The van der Waals surface area contributed by atoms with Crippen molar-refractivity contribution in [2.45, 2.75) is 33.2 Å². The van der Waals surface area contributed by atoms with Crippen LogP contribution in [-0.4, -0.2) is 6.54 Å². The molecular weight excluding hydrogens is 184 g/mol. The monoisotopic (exact) mass is 204 g/mol. The third-order valence-corrected chi connectivity index (χ3v) is 3.32. The van der Waals surface area contributed by atoms with Gasteiger partial charge < -0.3 is 11.1 Å². The van der Waals surface area contributed by atoms with Crippen molar-refractivity contribution in [3.05, 3.63) is 29.3 Å². The number of rotatable bonds is 4. The van der Waals surface area contributed by atoms with Crippen molar-refractivity contribution >= 4 is 5.69 Å². The molecule has 2 nitrogen and oxygen atoms in total.